The zero-order chi connectivity index (χ0) is 15.7. The first-order valence-electron chi connectivity index (χ1n) is 8.27. The summed E-state index contributed by atoms with van der Waals surface area (Å²) in [5.74, 6) is 0.585. The van der Waals surface area contributed by atoms with E-state index >= 15 is 0 Å². The highest BCUT2D eigenvalue weighted by Crippen LogP contribution is 2.31. The van der Waals surface area contributed by atoms with Crippen LogP contribution in [0.25, 0.3) is 0 Å². The van der Waals surface area contributed by atoms with Crippen LogP contribution in [0, 0.1) is 5.92 Å². The molecular weight excluding hydrogens is 268 g/mol. The lowest BCUT2D eigenvalue weighted by atomic mass is 9.76. The van der Waals surface area contributed by atoms with Crippen LogP contribution in [0.5, 0.6) is 0 Å². The smallest absolute Gasteiger partial charge is 0.242 e. The van der Waals surface area contributed by atoms with Gasteiger partial charge < -0.3 is 20.1 Å². The molecule has 1 saturated carbocycles. The number of hydrogen-bond donors (Lipinski definition) is 1. The third-order valence-electron chi connectivity index (χ3n) is 4.16. The Hall–Kier alpha value is -0.650. The molecule has 1 aliphatic rings. The molecule has 2 unspecified atom stereocenters. The normalized spacial score (nSPS) is 25.8. The molecule has 1 aliphatic carbocycles. The summed E-state index contributed by atoms with van der Waals surface area (Å²) >= 11 is 0. The van der Waals surface area contributed by atoms with Gasteiger partial charge in [0.05, 0.1) is 18.8 Å². The Morgan fingerprint density at radius 3 is 2.29 bits per heavy atom. The van der Waals surface area contributed by atoms with Crippen molar-refractivity contribution in [3.63, 3.8) is 0 Å². The second kappa shape index (κ2) is 9.38. The molecular formula is C16H32N2O3. The highest BCUT2D eigenvalue weighted by molar-refractivity contribution is 5.86. The number of nitrogens with two attached hydrogens (primary N) is 1. The molecule has 0 saturated heterocycles. The minimum atomic E-state index is -0.698. The molecule has 0 heterocycles. The van der Waals surface area contributed by atoms with Gasteiger partial charge >= 0.3 is 0 Å². The lowest BCUT2D eigenvalue weighted by molar-refractivity contribution is -0.140. The van der Waals surface area contributed by atoms with E-state index in [9.17, 15) is 4.79 Å². The molecule has 2 N–H and O–H groups in total. The molecule has 1 amide bonds. The summed E-state index contributed by atoms with van der Waals surface area (Å²) in [4.78, 5) is 14.7. The van der Waals surface area contributed by atoms with Gasteiger partial charge in [-0.2, -0.15) is 0 Å². The Kier molecular flexibility index (Phi) is 8.22. The third-order valence-corrected chi connectivity index (χ3v) is 4.16. The second-order valence-corrected chi connectivity index (χ2v) is 6.04. The van der Waals surface area contributed by atoms with Gasteiger partial charge in [-0.25, -0.2) is 0 Å². The van der Waals surface area contributed by atoms with Gasteiger partial charge in [0.25, 0.3) is 0 Å². The lowest BCUT2D eigenvalue weighted by Crippen LogP contribution is -2.58. The van der Waals surface area contributed by atoms with E-state index < -0.39 is 5.54 Å². The Balaban J connectivity index is 2.62. The zero-order valence-corrected chi connectivity index (χ0v) is 13.9. The number of hydrogen-bond acceptors (Lipinski definition) is 4. The standard InChI is InChI=1S/C16H32N2O3/c1-4-20-11-9-18(10-12-21-5-2)15(19)16(17)8-6-7-14(3)13-16/h14H,4-13,17H2,1-3H3. The van der Waals surface area contributed by atoms with Gasteiger partial charge in [-0.05, 0) is 32.6 Å². The van der Waals surface area contributed by atoms with Gasteiger partial charge in [0.15, 0.2) is 0 Å². The molecule has 0 aromatic rings. The fourth-order valence-corrected chi connectivity index (χ4v) is 3.05. The van der Waals surface area contributed by atoms with Crippen molar-refractivity contribution < 1.29 is 14.3 Å². The van der Waals surface area contributed by atoms with E-state index in [0.717, 1.165) is 19.3 Å². The molecule has 2 atom stereocenters. The quantitative estimate of drug-likeness (QED) is 0.659. The van der Waals surface area contributed by atoms with E-state index in [1.54, 1.807) is 0 Å². The molecule has 21 heavy (non-hydrogen) atoms. The molecule has 0 bridgehead atoms. The van der Waals surface area contributed by atoms with Crippen LogP contribution in [0.4, 0.5) is 0 Å². The Morgan fingerprint density at radius 2 is 1.81 bits per heavy atom. The Morgan fingerprint density at radius 1 is 1.24 bits per heavy atom. The minimum Gasteiger partial charge on any atom is -0.380 e. The number of carbonyl (C=O) groups is 1. The lowest BCUT2D eigenvalue weighted by Gasteiger charge is -2.39. The van der Waals surface area contributed by atoms with Gasteiger partial charge in [0.2, 0.25) is 5.91 Å². The predicted molar refractivity (Wildman–Crippen MR) is 84.1 cm³/mol. The van der Waals surface area contributed by atoms with Crippen molar-refractivity contribution in [1.82, 2.24) is 4.90 Å². The summed E-state index contributed by atoms with van der Waals surface area (Å²) in [6.45, 7) is 9.72. The maximum atomic E-state index is 12.8. The number of rotatable bonds is 9. The Bertz CT molecular complexity index is 302. The van der Waals surface area contributed by atoms with Crippen LogP contribution in [0.1, 0.15) is 46.5 Å². The maximum absolute atomic E-state index is 12.8. The molecule has 0 aromatic carbocycles. The first-order chi connectivity index (χ1) is 10.0. The van der Waals surface area contributed by atoms with E-state index in [1.165, 1.54) is 6.42 Å². The van der Waals surface area contributed by atoms with Gasteiger partial charge in [-0.15, -0.1) is 0 Å². The molecule has 1 rings (SSSR count). The van der Waals surface area contributed by atoms with Crippen LogP contribution in [0.2, 0.25) is 0 Å². The average Bonchev–Trinajstić information content (AvgIpc) is 2.45. The van der Waals surface area contributed by atoms with Crippen LogP contribution in [-0.4, -0.2) is 55.9 Å². The van der Waals surface area contributed by atoms with Crippen LogP contribution in [0.15, 0.2) is 0 Å². The predicted octanol–water partition coefficient (Wildman–Crippen LogP) is 1.80. The van der Waals surface area contributed by atoms with Crippen molar-refractivity contribution in [3.05, 3.63) is 0 Å². The molecule has 0 aromatic heterocycles. The van der Waals surface area contributed by atoms with E-state index in [0.29, 0.717) is 45.4 Å². The van der Waals surface area contributed by atoms with E-state index in [4.69, 9.17) is 15.2 Å². The summed E-state index contributed by atoms with van der Waals surface area (Å²) in [5, 5.41) is 0. The maximum Gasteiger partial charge on any atom is 0.242 e. The van der Waals surface area contributed by atoms with E-state index in [1.807, 2.05) is 18.7 Å². The molecule has 5 nitrogen and oxygen atoms in total. The largest absolute Gasteiger partial charge is 0.380 e. The summed E-state index contributed by atoms with van der Waals surface area (Å²) in [6, 6.07) is 0. The topological polar surface area (TPSA) is 64.8 Å². The number of carbonyl (C=O) groups excluding carboxylic acids is 1. The first kappa shape index (κ1) is 18.4. The second-order valence-electron chi connectivity index (χ2n) is 6.04. The summed E-state index contributed by atoms with van der Waals surface area (Å²) in [5.41, 5.74) is 5.73. The molecule has 1 fully saturated rings. The van der Waals surface area contributed by atoms with Crippen molar-refractivity contribution in [3.8, 4) is 0 Å². The van der Waals surface area contributed by atoms with Crippen molar-refractivity contribution in [1.29, 1.82) is 0 Å². The zero-order valence-electron chi connectivity index (χ0n) is 13.9. The molecule has 0 aliphatic heterocycles. The van der Waals surface area contributed by atoms with Crippen LogP contribution in [-0.2, 0) is 14.3 Å². The number of nitrogens with zero attached hydrogens (tertiary/aromatic N) is 1. The average molecular weight is 300 g/mol. The van der Waals surface area contributed by atoms with Crippen molar-refractivity contribution in [2.45, 2.75) is 52.0 Å². The molecule has 5 heteroatoms. The fraction of sp³-hybridized carbons (Fsp3) is 0.938. The number of amides is 1. The highest BCUT2D eigenvalue weighted by Gasteiger charge is 2.40. The summed E-state index contributed by atoms with van der Waals surface area (Å²) < 4.78 is 10.8. The van der Waals surface area contributed by atoms with Crippen molar-refractivity contribution in [2.75, 3.05) is 39.5 Å². The van der Waals surface area contributed by atoms with Crippen LogP contribution in [0.3, 0.4) is 0 Å². The monoisotopic (exact) mass is 300 g/mol. The van der Waals surface area contributed by atoms with Gasteiger partial charge in [-0.1, -0.05) is 19.8 Å². The van der Waals surface area contributed by atoms with Gasteiger partial charge in [-0.3, -0.25) is 4.79 Å². The van der Waals surface area contributed by atoms with Gasteiger partial charge in [0.1, 0.15) is 0 Å². The third kappa shape index (κ3) is 5.93. The highest BCUT2D eigenvalue weighted by atomic mass is 16.5. The molecule has 124 valence electrons. The Labute approximate surface area is 129 Å². The van der Waals surface area contributed by atoms with Crippen LogP contribution < -0.4 is 5.73 Å². The van der Waals surface area contributed by atoms with Crippen molar-refractivity contribution in [2.24, 2.45) is 11.7 Å². The minimum absolute atomic E-state index is 0.0634. The van der Waals surface area contributed by atoms with E-state index in [-0.39, 0.29) is 5.91 Å². The SMILES string of the molecule is CCOCCN(CCOCC)C(=O)C1(N)CCCC(C)C1. The summed E-state index contributed by atoms with van der Waals surface area (Å²) in [6.07, 6.45) is 3.78. The van der Waals surface area contributed by atoms with E-state index in [2.05, 4.69) is 6.92 Å². The fourth-order valence-electron chi connectivity index (χ4n) is 3.05. The van der Waals surface area contributed by atoms with Crippen LogP contribution >= 0.6 is 0 Å². The molecule has 0 spiro atoms. The first-order valence-corrected chi connectivity index (χ1v) is 8.27. The van der Waals surface area contributed by atoms with Gasteiger partial charge in [0, 0.05) is 26.3 Å². The molecule has 0 radical (unpaired) electrons. The van der Waals surface area contributed by atoms with Crippen molar-refractivity contribution >= 4 is 5.91 Å². The number of ether oxygens (including phenoxy) is 2. The summed E-state index contributed by atoms with van der Waals surface area (Å²) in [7, 11) is 0.